The normalized spacial score (nSPS) is 10.4. The van der Waals surface area contributed by atoms with E-state index in [2.05, 4.69) is 22.4 Å². The Labute approximate surface area is 111 Å². The maximum absolute atomic E-state index is 12.2. The SMILES string of the molecule is CCCCN(CCO)C(=O)c1nnc(NCC)s1. The first kappa shape index (κ1) is 14.8. The quantitative estimate of drug-likeness (QED) is 0.743. The van der Waals surface area contributed by atoms with E-state index in [0.29, 0.717) is 23.2 Å². The summed E-state index contributed by atoms with van der Waals surface area (Å²) in [6.45, 7) is 5.73. The molecule has 0 aliphatic carbocycles. The van der Waals surface area contributed by atoms with Crippen LogP contribution in [0.5, 0.6) is 0 Å². The number of nitrogens with one attached hydrogen (secondary N) is 1. The molecule has 1 heterocycles. The highest BCUT2D eigenvalue weighted by Crippen LogP contribution is 2.16. The smallest absolute Gasteiger partial charge is 0.284 e. The van der Waals surface area contributed by atoms with Crippen LogP contribution in [0.15, 0.2) is 0 Å². The van der Waals surface area contributed by atoms with Gasteiger partial charge in [-0.25, -0.2) is 0 Å². The molecule has 0 spiro atoms. The Hall–Kier alpha value is -1.21. The fourth-order valence-corrected chi connectivity index (χ4v) is 2.23. The van der Waals surface area contributed by atoms with E-state index in [1.807, 2.05) is 6.92 Å². The lowest BCUT2D eigenvalue weighted by Crippen LogP contribution is -2.34. The number of carbonyl (C=O) groups excluding carboxylic acids is 1. The Morgan fingerprint density at radius 2 is 2.17 bits per heavy atom. The van der Waals surface area contributed by atoms with Crippen LogP contribution in [0.25, 0.3) is 0 Å². The molecule has 0 aromatic carbocycles. The van der Waals surface area contributed by atoms with Crippen LogP contribution >= 0.6 is 11.3 Å². The molecule has 6 nitrogen and oxygen atoms in total. The van der Waals surface area contributed by atoms with Gasteiger partial charge in [0, 0.05) is 19.6 Å². The Morgan fingerprint density at radius 1 is 1.39 bits per heavy atom. The van der Waals surface area contributed by atoms with Crippen LogP contribution in [-0.4, -0.2) is 52.4 Å². The van der Waals surface area contributed by atoms with Crippen molar-refractivity contribution in [2.24, 2.45) is 0 Å². The second kappa shape index (κ2) is 7.99. The number of aliphatic hydroxyl groups is 1. The van der Waals surface area contributed by atoms with Crippen molar-refractivity contribution in [3.05, 3.63) is 5.01 Å². The molecule has 0 aliphatic rings. The molecule has 0 saturated heterocycles. The van der Waals surface area contributed by atoms with E-state index in [1.165, 1.54) is 11.3 Å². The van der Waals surface area contributed by atoms with Gasteiger partial charge in [0.1, 0.15) is 0 Å². The van der Waals surface area contributed by atoms with Crippen LogP contribution in [0.2, 0.25) is 0 Å². The van der Waals surface area contributed by atoms with Gasteiger partial charge in [-0.2, -0.15) is 0 Å². The van der Waals surface area contributed by atoms with Crippen LogP contribution in [0.1, 0.15) is 36.5 Å². The molecule has 1 aromatic rings. The van der Waals surface area contributed by atoms with Crippen LogP contribution in [0.4, 0.5) is 5.13 Å². The first-order valence-electron chi connectivity index (χ1n) is 6.20. The van der Waals surface area contributed by atoms with Crippen molar-refractivity contribution < 1.29 is 9.90 Å². The lowest BCUT2D eigenvalue weighted by molar-refractivity contribution is 0.0718. The molecule has 7 heteroatoms. The number of amides is 1. The van der Waals surface area contributed by atoms with Crippen LogP contribution in [-0.2, 0) is 0 Å². The molecule has 0 fully saturated rings. The molecule has 102 valence electrons. The van der Waals surface area contributed by atoms with Crippen molar-refractivity contribution in [3.63, 3.8) is 0 Å². The first-order chi connectivity index (χ1) is 8.72. The zero-order chi connectivity index (χ0) is 13.4. The summed E-state index contributed by atoms with van der Waals surface area (Å²) in [5, 5.41) is 20.8. The maximum Gasteiger partial charge on any atom is 0.284 e. The number of hydrogen-bond donors (Lipinski definition) is 2. The highest BCUT2D eigenvalue weighted by molar-refractivity contribution is 7.17. The number of rotatable bonds is 8. The van der Waals surface area contributed by atoms with E-state index in [9.17, 15) is 4.79 Å². The Kier molecular flexibility index (Phi) is 6.59. The second-order valence-electron chi connectivity index (χ2n) is 3.81. The van der Waals surface area contributed by atoms with Crippen molar-refractivity contribution in [1.82, 2.24) is 15.1 Å². The van der Waals surface area contributed by atoms with Gasteiger partial charge < -0.3 is 15.3 Å². The predicted octanol–water partition coefficient (Wildman–Crippen LogP) is 1.20. The third-order valence-electron chi connectivity index (χ3n) is 2.37. The summed E-state index contributed by atoms with van der Waals surface area (Å²) >= 11 is 1.25. The standard InChI is InChI=1S/C11H20N4O2S/c1-3-5-6-15(7-8-16)10(17)9-13-14-11(18-9)12-4-2/h16H,3-8H2,1-2H3,(H,12,14). The van der Waals surface area contributed by atoms with Crippen LogP contribution < -0.4 is 5.32 Å². The molecule has 0 radical (unpaired) electrons. The average Bonchev–Trinajstić information content (AvgIpc) is 2.83. The Morgan fingerprint density at radius 3 is 2.78 bits per heavy atom. The molecule has 2 N–H and O–H groups in total. The highest BCUT2D eigenvalue weighted by Gasteiger charge is 2.19. The molecule has 1 aromatic heterocycles. The number of aromatic nitrogens is 2. The summed E-state index contributed by atoms with van der Waals surface area (Å²) < 4.78 is 0. The molecule has 1 amide bonds. The number of unbranched alkanes of at least 4 members (excludes halogenated alkanes) is 1. The minimum Gasteiger partial charge on any atom is -0.395 e. The minimum absolute atomic E-state index is 0.0334. The lowest BCUT2D eigenvalue weighted by Gasteiger charge is -2.19. The van der Waals surface area contributed by atoms with Gasteiger partial charge in [-0.15, -0.1) is 10.2 Å². The summed E-state index contributed by atoms with van der Waals surface area (Å²) in [5.41, 5.74) is 0. The third kappa shape index (κ3) is 4.23. The summed E-state index contributed by atoms with van der Waals surface area (Å²) in [4.78, 5) is 13.8. The molecule has 0 unspecified atom stereocenters. The van der Waals surface area contributed by atoms with Crippen LogP contribution in [0.3, 0.4) is 0 Å². The van der Waals surface area contributed by atoms with E-state index in [4.69, 9.17) is 5.11 Å². The molecule has 0 bridgehead atoms. The molecule has 0 saturated carbocycles. The number of nitrogens with zero attached hydrogens (tertiary/aromatic N) is 3. The van der Waals surface area contributed by atoms with Gasteiger partial charge in [0.05, 0.1) is 6.61 Å². The second-order valence-corrected chi connectivity index (χ2v) is 4.79. The first-order valence-corrected chi connectivity index (χ1v) is 7.02. The summed E-state index contributed by atoms with van der Waals surface area (Å²) in [7, 11) is 0. The van der Waals surface area contributed by atoms with Gasteiger partial charge in [-0.05, 0) is 13.3 Å². The number of hydrogen-bond acceptors (Lipinski definition) is 6. The predicted molar refractivity (Wildman–Crippen MR) is 72.0 cm³/mol. The molecule has 0 atom stereocenters. The van der Waals surface area contributed by atoms with Gasteiger partial charge in [-0.3, -0.25) is 4.79 Å². The monoisotopic (exact) mass is 272 g/mol. The van der Waals surface area contributed by atoms with E-state index >= 15 is 0 Å². The maximum atomic E-state index is 12.2. The fourth-order valence-electron chi connectivity index (χ4n) is 1.45. The summed E-state index contributed by atoms with van der Waals surface area (Å²) in [6.07, 6.45) is 1.93. The molecule has 1 rings (SSSR count). The summed E-state index contributed by atoms with van der Waals surface area (Å²) in [5.74, 6) is -0.154. The highest BCUT2D eigenvalue weighted by atomic mass is 32.1. The fraction of sp³-hybridized carbons (Fsp3) is 0.727. The topological polar surface area (TPSA) is 78.3 Å². The van der Waals surface area contributed by atoms with Crippen molar-refractivity contribution in [1.29, 1.82) is 0 Å². The van der Waals surface area contributed by atoms with Gasteiger partial charge >= 0.3 is 0 Å². The van der Waals surface area contributed by atoms with E-state index < -0.39 is 0 Å². The molecular weight excluding hydrogens is 252 g/mol. The van der Waals surface area contributed by atoms with Gasteiger partial charge in [0.25, 0.3) is 5.91 Å². The lowest BCUT2D eigenvalue weighted by atomic mass is 10.3. The van der Waals surface area contributed by atoms with Crippen molar-refractivity contribution >= 4 is 22.4 Å². The van der Waals surface area contributed by atoms with E-state index in [-0.39, 0.29) is 12.5 Å². The van der Waals surface area contributed by atoms with Crippen molar-refractivity contribution in [2.75, 3.05) is 31.6 Å². The van der Waals surface area contributed by atoms with Crippen molar-refractivity contribution in [3.8, 4) is 0 Å². The average molecular weight is 272 g/mol. The molecule has 18 heavy (non-hydrogen) atoms. The van der Waals surface area contributed by atoms with E-state index in [1.54, 1.807) is 4.90 Å². The van der Waals surface area contributed by atoms with Crippen molar-refractivity contribution in [2.45, 2.75) is 26.7 Å². The Bertz CT molecular complexity index is 370. The van der Waals surface area contributed by atoms with Gasteiger partial charge in [0.15, 0.2) is 0 Å². The number of aliphatic hydroxyl groups excluding tert-OH is 1. The largest absolute Gasteiger partial charge is 0.395 e. The van der Waals surface area contributed by atoms with Gasteiger partial charge in [0.2, 0.25) is 10.1 Å². The van der Waals surface area contributed by atoms with Crippen LogP contribution in [0, 0.1) is 0 Å². The Balaban J connectivity index is 2.67. The zero-order valence-electron chi connectivity index (χ0n) is 10.8. The third-order valence-corrected chi connectivity index (χ3v) is 3.24. The zero-order valence-corrected chi connectivity index (χ0v) is 11.7. The molecular formula is C11H20N4O2S. The number of anilines is 1. The molecule has 0 aliphatic heterocycles. The summed E-state index contributed by atoms with van der Waals surface area (Å²) in [6, 6.07) is 0. The van der Waals surface area contributed by atoms with Gasteiger partial charge in [-0.1, -0.05) is 24.7 Å². The van der Waals surface area contributed by atoms with E-state index in [0.717, 1.165) is 19.4 Å². The minimum atomic E-state index is -0.154. The number of carbonyl (C=O) groups is 1.